The average molecular weight is 420 g/mol. The lowest BCUT2D eigenvalue weighted by atomic mass is 10.1. The molecule has 2 N–H and O–H groups in total. The zero-order valence-electron chi connectivity index (χ0n) is 14.4. The van der Waals surface area contributed by atoms with Crippen LogP contribution in [0.2, 0.25) is 0 Å². The predicted molar refractivity (Wildman–Crippen MR) is 110 cm³/mol. The number of carbonyl (C=O) groups is 1. The van der Waals surface area contributed by atoms with Gasteiger partial charge in [-0.25, -0.2) is 13.4 Å². The van der Waals surface area contributed by atoms with Crippen LogP contribution in [0, 0.1) is 0 Å². The molecular weight excluding hydrogens is 402 g/mol. The van der Waals surface area contributed by atoms with Gasteiger partial charge in [-0.05, 0) is 47.9 Å². The third kappa shape index (κ3) is 4.37. The normalized spacial score (nSPS) is 14.1. The van der Waals surface area contributed by atoms with Crippen LogP contribution in [0.4, 0.5) is 10.8 Å². The quantitative estimate of drug-likeness (QED) is 0.621. The number of carbonyl (C=O) groups excluding carboxylic acids is 1. The van der Waals surface area contributed by atoms with Crippen molar-refractivity contribution in [3.8, 4) is 11.3 Å². The molecular formula is C18H17N3O3S3. The van der Waals surface area contributed by atoms with Crippen LogP contribution >= 0.6 is 22.7 Å². The van der Waals surface area contributed by atoms with E-state index in [1.807, 2.05) is 16.8 Å². The smallest absolute Gasteiger partial charge is 0.267 e. The third-order valence-electron chi connectivity index (χ3n) is 4.13. The van der Waals surface area contributed by atoms with Crippen molar-refractivity contribution in [3.63, 3.8) is 0 Å². The Morgan fingerprint density at radius 3 is 2.56 bits per heavy atom. The summed E-state index contributed by atoms with van der Waals surface area (Å²) < 4.78 is 25.0. The summed E-state index contributed by atoms with van der Waals surface area (Å²) in [5.74, 6) is 0.420. The zero-order valence-corrected chi connectivity index (χ0v) is 16.9. The highest BCUT2D eigenvalue weighted by Crippen LogP contribution is 2.43. The molecule has 1 aromatic carbocycles. The van der Waals surface area contributed by atoms with Gasteiger partial charge in [-0.1, -0.05) is 12.1 Å². The van der Waals surface area contributed by atoms with E-state index in [4.69, 9.17) is 0 Å². The first-order valence-corrected chi connectivity index (χ1v) is 12.0. The van der Waals surface area contributed by atoms with Crippen LogP contribution in [-0.4, -0.2) is 25.6 Å². The largest absolute Gasteiger partial charge is 0.297 e. The third-order valence-corrected chi connectivity index (χ3v) is 6.42. The second-order valence-corrected chi connectivity index (χ2v) is 9.95. The Morgan fingerprint density at radius 1 is 1.15 bits per heavy atom. The monoisotopic (exact) mass is 419 g/mol. The Hall–Kier alpha value is -2.23. The molecule has 3 aromatic rings. The molecule has 0 atom stereocenters. The fourth-order valence-electron chi connectivity index (χ4n) is 2.76. The number of aromatic nitrogens is 1. The van der Waals surface area contributed by atoms with Gasteiger partial charge in [0.15, 0.2) is 5.13 Å². The Labute approximate surface area is 165 Å². The van der Waals surface area contributed by atoms with Crippen LogP contribution in [0.1, 0.15) is 34.0 Å². The van der Waals surface area contributed by atoms with E-state index in [1.165, 1.54) is 22.7 Å². The summed E-state index contributed by atoms with van der Waals surface area (Å²) in [6.45, 7) is 0. The second kappa shape index (κ2) is 7.06. The van der Waals surface area contributed by atoms with Gasteiger partial charge in [0.2, 0.25) is 10.0 Å². The van der Waals surface area contributed by atoms with E-state index in [2.05, 4.69) is 15.0 Å². The van der Waals surface area contributed by atoms with E-state index in [0.717, 1.165) is 40.8 Å². The number of thiazole rings is 1. The first kappa shape index (κ1) is 18.1. The molecule has 2 aromatic heterocycles. The SMILES string of the molecule is CS(=O)(=O)Nc1ccc(-c2csc(NC(=O)c3sccc3C3CC3)n2)cc1. The summed E-state index contributed by atoms with van der Waals surface area (Å²) in [5.41, 5.74) is 3.22. The molecule has 0 spiro atoms. The van der Waals surface area contributed by atoms with E-state index >= 15 is 0 Å². The van der Waals surface area contributed by atoms with Crippen LogP contribution in [0.5, 0.6) is 0 Å². The van der Waals surface area contributed by atoms with Gasteiger partial charge in [-0.2, -0.15) is 0 Å². The number of anilines is 2. The van der Waals surface area contributed by atoms with Crippen LogP contribution < -0.4 is 10.0 Å². The number of benzene rings is 1. The Balaban J connectivity index is 1.47. The molecule has 1 amide bonds. The lowest BCUT2D eigenvalue weighted by molar-refractivity contribution is 0.102. The highest BCUT2D eigenvalue weighted by atomic mass is 32.2. The molecule has 0 aliphatic heterocycles. The van der Waals surface area contributed by atoms with Gasteiger partial charge < -0.3 is 0 Å². The van der Waals surface area contributed by atoms with Crippen molar-refractivity contribution in [1.82, 2.24) is 4.98 Å². The molecule has 1 saturated carbocycles. The number of nitrogens with zero attached hydrogens (tertiary/aromatic N) is 1. The van der Waals surface area contributed by atoms with Crippen molar-refractivity contribution in [2.45, 2.75) is 18.8 Å². The Morgan fingerprint density at radius 2 is 1.89 bits per heavy atom. The van der Waals surface area contributed by atoms with Crippen molar-refractivity contribution >= 4 is 49.4 Å². The first-order valence-electron chi connectivity index (χ1n) is 8.31. The molecule has 0 saturated heterocycles. The highest BCUT2D eigenvalue weighted by Gasteiger charge is 2.29. The van der Waals surface area contributed by atoms with Crippen molar-refractivity contribution in [1.29, 1.82) is 0 Å². The number of hydrogen-bond acceptors (Lipinski definition) is 6. The van der Waals surface area contributed by atoms with Crippen molar-refractivity contribution in [2.24, 2.45) is 0 Å². The molecule has 1 aliphatic rings. The number of amides is 1. The average Bonchev–Trinajstić information content (AvgIpc) is 3.15. The summed E-state index contributed by atoms with van der Waals surface area (Å²) in [6, 6.07) is 8.98. The van der Waals surface area contributed by atoms with Gasteiger partial charge in [0, 0.05) is 16.6 Å². The van der Waals surface area contributed by atoms with Gasteiger partial charge in [0.1, 0.15) is 0 Å². The minimum absolute atomic E-state index is 0.111. The minimum atomic E-state index is -3.30. The Bertz CT molecular complexity index is 1080. The first-order chi connectivity index (χ1) is 12.9. The maximum atomic E-state index is 12.6. The summed E-state index contributed by atoms with van der Waals surface area (Å²) in [5, 5.41) is 7.26. The summed E-state index contributed by atoms with van der Waals surface area (Å²) in [7, 11) is -3.30. The van der Waals surface area contributed by atoms with Crippen LogP contribution in [-0.2, 0) is 10.0 Å². The number of sulfonamides is 1. The standard InChI is InChI=1S/C18H17N3O3S3/c1-27(23,24)21-13-6-4-12(5-7-13)15-10-26-18(19-15)20-17(22)16-14(8-9-25-16)11-2-3-11/h4-11,21H,2-3H2,1H3,(H,19,20,22). The van der Waals surface area contributed by atoms with Gasteiger partial charge in [-0.3, -0.25) is 14.8 Å². The molecule has 1 aliphatic carbocycles. The Kier molecular flexibility index (Phi) is 4.75. The molecule has 27 heavy (non-hydrogen) atoms. The van der Waals surface area contributed by atoms with E-state index in [1.54, 1.807) is 24.3 Å². The van der Waals surface area contributed by atoms with Crippen molar-refractivity contribution in [3.05, 3.63) is 51.5 Å². The summed E-state index contributed by atoms with van der Waals surface area (Å²) >= 11 is 2.83. The zero-order chi connectivity index (χ0) is 19.0. The number of rotatable bonds is 6. The van der Waals surface area contributed by atoms with Crippen LogP contribution in [0.3, 0.4) is 0 Å². The van der Waals surface area contributed by atoms with E-state index < -0.39 is 10.0 Å². The van der Waals surface area contributed by atoms with Gasteiger partial charge in [-0.15, -0.1) is 22.7 Å². The molecule has 0 radical (unpaired) electrons. The fourth-order valence-corrected chi connectivity index (χ4v) is 4.92. The maximum absolute atomic E-state index is 12.6. The molecule has 140 valence electrons. The molecule has 0 unspecified atom stereocenters. The second-order valence-electron chi connectivity index (χ2n) is 6.42. The van der Waals surface area contributed by atoms with E-state index in [-0.39, 0.29) is 5.91 Å². The van der Waals surface area contributed by atoms with E-state index in [0.29, 0.717) is 16.7 Å². The number of thiophene rings is 1. The number of nitrogens with one attached hydrogen (secondary N) is 2. The van der Waals surface area contributed by atoms with Crippen LogP contribution in [0.15, 0.2) is 41.1 Å². The van der Waals surface area contributed by atoms with Gasteiger partial charge in [0.05, 0.1) is 16.8 Å². The lowest BCUT2D eigenvalue weighted by Crippen LogP contribution is -2.11. The summed E-state index contributed by atoms with van der Waals surface area (Å²) in [6.07, 6.45) is 3.42. The van der Waals surface area contributed by atoms with Gasteiger partial charge >= 0.3 is 0 Å². The number of hydrogen-bond donors (Lipinski definition) is 2. The van der Waals surface area contributed by atoms with Crippen molar-refractivity contribution in [2.75, 3.05) is 16.3 Å². The van der Waals surface area contributed by atoms with E-state index in [9.17, 15) is 13.2 Å². The molecule has 2 heterocycles. The molecule has 6 nitrogen and oxygen atoms in total. The highest BCUT2D eigenvalue weighted by molar-refractivity contribution is 7.92. The molecule has 4 rings (SSSR count). The fraction of sp³-hybridized carbons (Fsp3) is 0.222. The van der Waals surface area contributed by atoms with Crippen LogP contribution in [0.25, 0.3) is 11.3 Å². The maximum Gasteiger partial charge on any atom is 0.267 e. The van der Waals surface area contributed by atoms with Crippen molar-refractivity contribution < 1.29 is 13.2 Å². The topological polar surface area (TPSA) is 88.2 Å². The molecule has 9 heteroatoms. The molecule has 0 bridgehead atoms. The van der Waals surface area contributed by atoms with Gasteiger partial charge in [0.25, 0.3) is 5.91 Å². The minimum Gasteiger partial charge on any atom is -0.297 e. The summed E-state index contributed by atoms with van der Waals surface area (Å²) in [4.78, 5) is 17.8. The predicted octanol–water partition coefficient (Wildman–Crippen LogP) is 4.37. The lowest BCUT2D eigenvalue weighted by Gasteiger charge is -2.04. The molecule has 1 fully saturated rings.